The van der Waals surface area contributed by atoms with Crippen LogP contribution in [0, 0.1) is 11.8 Å². The lowest BCUT2D eigenvalue weighted by atomic mass is 9.76. The molecule has 0 aromatic carbocycles. The van der Waals surface area contributed by atoms with Crippen LogP contribution in [0.1, 0.15) is 58.8 Å². The zero-order valence-corrected chi connectivity index (χ0v) is 11.9. The minimum Gasteiger partial charge on any atom is -0.328 e. The second kappa shape index (κ2) is 5.71. The van der Waals surface area contributed by atoms with Gasteiger partial charge in [0.2, 0.25) is 0 Å². The van der Waals surface area contributed by atoms with Crippen LogP contribution in [-0.2, 0) is 0 Å². The summed E-state index contributed by atoms with van der Waals surface area (Å²) in [6.45, 7) is 4.89. The van der Waals surface area contributed by atoms with Crippen molar-refractivity contribution in [3.63, 3.8) is 0 Å². The Morgan fingerprint density at radius 3 is 2.24 bits per heavy atom. The van der Waals surface area contributed by atoms with Crippen molar-refractivity contribution in [1.29, 1.82) is 0 Å². The molecular weight excluding hydrogens is 208 g/mol. The van der Waals surface area contributed by atoms with Crippen LogP contribution < -0.4 is 5.73 Å². The molecule has 3 unspecified atom stereocenters. The van der Waals surface area contributed by atoms with Crippen LogP contribution in [0.4, 0.5) is 0 Å². The van der Waals surface area contributed by atoms with E-state index in [1.165, 1.54) is 44.9 Å². The smallest absolute Gasteiger partial charge is 0.0123 e. The molecule has 0 radical (unpaired) electrons. The summed E-state index contributed by atoms with van der Waals surface area (Å²) in [5.74, 6) is 1.77. The van der Waals surface area contributed by atoms with E-state index in [4.69, 9.17) is 5.73 Å². The summed E-state index contributed by atoms with van der Waals surface area (Å²) in [5.41, 5.74) is 6.01. The van der Waals surface area contributed by atoms with Gasteiger partial charge in [0.05, 0.1) is 0 Å². The van der Waals surface area contributed by atoms with Gasteiger partial charge < -0.3 is 10.6 Å². The Balaban J connectivity index is 1.92. The van der Waals surface area contributed by atoms with Gasteiger partial charge >= 0.3 is 0 Å². The summed E-state index contributed by atoms with van der Waals surface area (Å²) in [4.78, 5) is 2.70. The maximum absolute atomic E-state index is 6.01. The van der Waals surface area contributed by atoms with Crippen molar-refractivity contribution in [2.75, 3.05) is 7.05 Å². The van der Waals surface area contributed by atoms with E-state index in [0.717, 1.165) is 23.9 Å². The van der Waals surface area contributed by atoms with Gasteiger partial charge in [0, 0.05) is 18.1 Å². The van der Waals surface area contributed by atoms with Crippen molar-refractivity contribution in [2.45, 2.75) is 76.9 Å². The molecule has 100 valence electrons. The van der Waals surface area contributed by atoms with E-state index in [2.05, 4.69) is 25.8 Å². The van der Waals surface area contributed by atoms with Gasteiger partial charge in [-0.3, -0.25) is 0 Å². The largest absolute Gasteiger partial charge is 0.328 e. The second-order valence-corrected chi connectivity index (χ2v) is 6.57. The van der Waals surface area contributed by atoms with Gasteiger partial charge in [0.1, 0.15) is 0 Å². The van der Waals surface area contributed by atoms with E-state index in [1.54, 1.807) is 0 Å². The standard InChI is InChI=1S/C15H30N2/c1-11-5-4-6-15(12(11)2)17(3)14-9-7-13(16)8-10-14/h11-15H,4-10,16H2,1-3H3. The molecule has 3 atom stereocenters. The fourth-order valence-corrected chi connectivity index (χ4v) is 3.91. The van der Waals surface area contributed by atoms with Crippen LogP contribution in [0.15, 0.2) is 0 Å². The van der Waals surface area contributed by atoms with Crippen molar-refractivity contribution < 1.29 is 0 Å². The molecule has 2 aliphatic rings. The van der Waals surface area contributed by atoms with E-state index in [9.17, 15) is 0 Å². The highest BCUT2D eigenvalue weighted by molar-refractivity contribution is 4.88. The van der Waals surface area contributed by atoms with E-state index in [0.29, 0.717) is 6.04 Å². The average Bonchev–Trinajstić information content (AvgIpc) is 2.33. The van der Waals surface area contributed by atoms with E-state index >= 15 is 0 Å². The van der Waals surface area contributed by atoms with Gasteiger partial charge in [-0.1, -0.05) is 26.7 Å². The molecular formula is C15H30N2. The average molecular weight is 238 g/mol. The number of hydrogen-bond donors (Lipinski definition) is 1. The van der Waals surface area contributed by atoms with E-state index < -0.39 is 0 Å². The fraction of sp³-hybridized carbons (Fsp3) is 1.00. The summed E-state index contributed by atoms with van der Waals surface area (Å²) in [5, 5.41) is 0. The molecule has 0 bridgehead atoms. The summed E-state index contributed by atoms with van der Waals surface area (Å²) >= 11 is 0. The lowest BCUT2D eigenvalue weighted by molar-refractivity contribution is 0.0524. The number of rotatable bonds is 2. The normalized spacial score (nSPS) is 43.9. The van der Waals surface area contributed by atoms with Gasteiger partial charge in [-0.15, -0.1) is 0 Å². The van der Waals surface area contributed by atoms with Crippen molar-refractivity contribution in [1.82, 2.24) is 4.90 Å². The summed E-state index contributed by atoms with van der Waals surface area (Å²) in [7, 11) is 2.36. The zero-order chi connectivity index (χ0) is 12.4. The number of nitrogens with two attached hydrogens (primary N) is 1. The lowest BCUT2D eigenvalue weighted by Gasteiger charge is -2.45. The topological polar surface area (TPSA) is 29.3 Å². The SMILES string of the molecule is CC1CCCC(N(C)C2CCC(N)CC2)C1C. The first kappa shape index (κ1) is 13.4. The fourth-order valence-electron chi connectivity index (χ4n) is 3.91. The highest BCUT2D eigenvalue weighted by atomic mass is 15.2. The molecule has 0 aliphatic heterocycles. The van der Waals surface area contributed by atoms with Gasteiger partial charge in [0.25, 0.3) is 0 Å². The van der Waals surface area contributed by atoms with E-state index in [-0.39, 0.29) is 0 Å². The van der Waals surface area contributed by atoms with Crippen molar-refractivity contribution in [3.8, 4) is 0 Å². The van der Waals surface area contributed by atoms with Crippen LogP contribution in [0.25, 0.3) is 0 Å². The lowest BCUT2D eigenvalue weighted by Crippen LogP contribution is -2.49. The quantitative estimate of drug-likeness (QED) is 0.801. The zero-order valence-electron chi connectivity index (χ0n) is 11.9. The number of nitrogens with zero attached hydrogens (tertiary/aromatic N) is 1. The van der Waals surface area contributed by atoms with Crippen LogP contribution in [0.3, 0.4) is 0 Å². The predicted octanol–water partition coefficient (Wildman–Crippen LogP) is 3.01. The van der Waals surface area contributed by atoms with Crippen LogP contribution >= 0.6 is 0 Å². The molecule has 2 heteroatoms. The first-order chi connectivity index (χ1) is 8.09. The first-order valence-electron chi connectivity index (χ1n) is 7.57. The third-order valence-corrected chi connectivity index (χ3v) is 5.50. The summed E-state index contributed by atoms with van der Waals surface area (Å²) in [6, 6.07) is 2.09. The van der Waals surface area contributed by atoms with Crippen LogP contribution in [-0.4, -0.2) is 30.1 Å². The maximum atomic E-state index is 6.01. The molecule has 2 nitrogen and oxygen atoms in total. The molecule has 0 amide bonds. The molecule has 0 aromatic heterocycles. The Kier molecular flexibility index (Phi) is 4.48. The summed E-state index contributed by atoms with van der Waals surface area (Å²) < 4.78 is 0. The monoisotopic (exact) mass is 238 g/mol. The Morgan fingerprint density at radius 2 is 1.59 bits per heavy atom. The Morgan fingerprint density at radius 1 is 0.941 bits per heavy atom. The molecule has 2 saturated carbocycles. The van der Waals surface area contributed by atoms with Crippen molar-refractivity contribution >= 4 is 0 Å². The molecule has 0 heterocycles. The van der Waals surface area contributed by atoms with Crippen molar-refractivity contribution in [3.05, 3.63) is 0 Å². The molecule has 0 saturated heterocycles. The molecule has 17 heavy (non-hydrogen) atoms. The maximum Gasteiger partial charge on any atom is 0.0123 e. The Bertz CT molecular complexity index is 233. The predicted molar refractivity (Wildman–Crippen MR) is 74.0 cm³/mol. The third-order valence-electron chi connectivity index (χ3n) is 5.50. The van der Waals surface area contributed by atoms with Gasteiger partial charge in [-0.2, -0.15) is 0 Å². The molecule has 2 rings (SSSR count). The van der Waals surface area contributed by atoms with Gasteiger partial charge in [0.15, 0.2) is 0 Å². The Labute approximate surface area is 107 Å². The summed E-state index contributed by atoms with van der Waals surface area (Å²) in [6.07, 6.45) is 9.35. The molecule has 0 spiro atoms. The molecule has 2 fully saturated rings. The van der Waals surface area contributed by atoms with Crippen molar-refractivity contribution in [2.24, 2.45) is 17.6 Å². The highest BCUT2D eigenvalue weighted by Crippen LogP contribution is 2.35. The second-order valence-electron chi connectivity index (χ2n) is 6.57. The van der Waals surface area contributed by atoms with Gasteiger partial charge in [-0.05, 0) is 51.0 Å². The molecule has 2 N–H and O–H groups in total. The highest BCUT2D eigenvalue weighted by Gasteiger charge is 2.33. The first-order valence-corrected chi connectivity index (χ1v) is 7.57. The molecule has 0 aromatic rings. The number of hydrogen-bond acceptors (Lipinski definition) is 2. The van der Waals surface area contributed by atoms with Crippen LogP contribution in [0.5, 0.6) is 0 Å². The minimum atomic E-state index is 0.474. The molecule has 2 aliphatic carbocycles. The third kappa shape index (κ3) is 3.03. The van der Waals surface area contributed by atoms with Crippen LogP contribution in [0.2, 0.25) is 0 Å². The van der Waals surface area contributed by atoms with E-state index in [1.807, 2.05) is 0 Å². The Hall–Kier alpha value is -0.0800. The minimum absolute atomic E-state index is 0.474. The van der Waals surface area contributed by atoms with Gasteiger partial charge in [-0.25, -0.2) is 0 Å².